The maximum absolute atomic E-state index is 12.3. The number of nitrogens with zero attached hydrogens (tertiary/aromatic N) is 4. The minimum absolute atomic E-state index is 0.0157. The van der Waals surface area contributed by atoms with Crippen molar-refractivity contribution in [1.29, 1.82) is 0 Å². The lowest BCUT2D eigenvalue weighted by atomic mass is 9.94. The molecule has 3 heterocycles. The van der Waals surface area contributed by atoms with Gasteiger partial charge in [-0.25, -0.2) is 9.97 Å². The highest BCUT2D eigenvalue weighted by Gasteiger charge is 2.24. The minimum atomic E-state index is -0.452. The first-order valence-corrected chi connectivity index (χ1v) is 10.6. The Hall–Kier alpha value is -2.42. The summed E-state index contributed by atoms with van der Waals surface area (Å²) in [4.78, 5) is 32.8. The van der Waals surface area contributed by atoms with Crippen molar-refractivity contribution < 1.29 is 9.59 Å². The molecule has 28 heavy (non-hydrogen) atoms. The lowest BCUT2D eigenvalue weighted by Crippen LogP contribution is -2.34. The van der Waals surface area contributed by atoms with Gasteiger partial charge in [0.15, 0.2) is 5.16 Å². The van der Waals surface area contributed by atoms with Gasteiger partial charge in [-0.15, -0.1) is 0 Å². The number of aryl methyl sites for hydroxylation is 3. The minimum Gasteiger partial charge on any atom is -0.365 e. The number of amides is 2. The van der Waals surface area contributed by atoms with Crippen LogP contribution in [-0.4, -0.2) is 44.4 Å². The first-order valence-electron chi connectivity index (χ1n) is 9.38. The van der Waals surface area contributed by atoms with Gasteiger partial charge < -0.3 is 11.1 Å². The number of carbonyl (C=O) groups is 2. The average molecular weight is 403 g/mol. The van der Waals surface area contributed by atoms with Crippen LogP contribution >= 0.6 is 11.8 Å². The number of primary amides is 1. The van der Waals surface area contributed by atoms with Crippen LogP contribution in [0.15, 0.2) is 11.4 Å². The Bertz CT molecular complexity index is 872. The summed E-state index contributed by atoms with van der Waals surface area (Å²) in [6.45, 7) is 5.25. The average Bonchev–Trinajstić information content (AvgIpc) is 3.09. The normalized spacial score (nSPS) is 15.9. The van der Waals surface area contributed by atoms with Gasteiger partial charge >= 0.3 is 0 Å². The number of thioether (sulfide) groups is 1. The number of nitrogens with two attached hydrogens (primary N) is 1. The molecule has 150 valence electrons. The molecule has 3 rings (SSSR count). The number of aromatic nitrogens is 4. The first-order chi connectivity index (χ1) is 13.4. The molecule has 0 radical (unpaired) electrons. The molecule has 2 amide bonds. The summed E-state index contributed by atoms with van der Waals surface area (Å²) in [5.41, 5.74) is 9.68. The van der Waals surface area contributed by atoms with Crippen LogP contribution in [0.4, 0.5) is 0 Å². The Morgan fingerprint density at radius 3 is 2.68 bits per heavy atom. The second-order valence-corrected chi connectivity index (χ2v) is 7.89. The van der Waals surface area contributed by atoms with Gasteiger partial charge in [-0.2, -0.15) is 5.10 Å². The number of hydrogen-bond donors (Lipinski definition) is 2. The van der Waals surface area contributed by atoms with Crippen molar-refractivity contribution in [1.82, 2.24) is 25.1 Å². The Labute approximate surface area is 168 Å². The molecule has 9 heteroatoms. The van der Waals surface area contributed by atoms with Gasteiger partial charge in [0.25, 0.3) is 5.91 Å². The summed E-state index contributed by atoms with van der Waals surface area (Å²) in [7, 11) is 0. The quantitative estimate of drug-likeness (QED) is 0.534. The molecule has 0 spiro atoms. The second-order valence-electron chi connectivity index (χ2n) is 7.11. The zero-order valence-electron chi connectivity index (χ0n) is 16.5. The highest BCUT2D eigenvalue weighted by molar-refractivity contribution is 7.98. The molecule has 3 N–H and O–H groups in total. The maximum Gasteiger partial charge on any atom is 0.252 e. The van der Waals surface area contributed by atoms with Gasteiger partial charge in [-0.05, 0) is 50.8 Å². The molecule has 0 bridgehead atoms. The molecule has 0 fully saturated rings. The van der Waals surface area contributed by atoms with E-state index in [2.05, 4.69) is 20.4 Å². The third kappa shape index (κ3) is 4.52. The molecular formula is C19H26N6O2S. The molecule has 0 saturated carbocycles. The van der Waals surface area contributed by atoms with Gasteiger partial charge in [0.2, 0.25) is 5.91 Å². The van der Waals surface area contributed by atoms with Crippen molar-refractivity contribution >= 4 is 23.6 Å². The molecule has 0 aromatic carbocycles. The van der Waals surface area contributed by atoms with Crippen LogP contribution < -0.4 is 11.1 Å². The van der Waals surface area contributed by atoms with E-state index in [0.29, 0.717) is 31.4 Å². The Kier molecular flexibility index (Phi) is 6.33. The molecular weight excluding hydrogens is 376 g/mol. The van der Waals surface area contributed by atoms with E-state index in [1.165, 1.54) is 18.0 Å². The second kappa shape index (κ2) is 8.72. The Morgan fingerprint density at radius 2 is 2.04 bits per heavy atom. The molecule has 8 nitrogen and oxygen atoms in total. The lowest BCUT2D eigenvalue weighted by molar-refractivity contribution is -0.121. The summed E-state index contributed by atoms with van der Waals surface area (Å²) >= 11 is 1.52. The number of rotatable bonds is 7. The molecule has 1 aliphatic rings. The summed E-state index contributed by atoms with van der Waals surface area (Å²) in [6.07, 6.45) is 6.12. The van der Waals surface area contributed by atoms with Crippen LogP contribution in [0.25, 0.3) is 0 Å². The van der Waals surface area contributed by atoms with Crippen molar-refractivity contribution in [2.24, 2.45) is 11.7 Å². The Morgan fingerprint density at radius 1 is 1.32 bits per heavy atom. The van der Waals surface area contributed by atoms with Gasteiger partial charge in [0, 0.05) is 30.9 Å². The van der Waals surface area contributed by atoms with Crippen LogP contribution in [0.3, 0.4) is 0 Å². The number of nitrogens with one attached hydrogen (secondary N) is 1. The fourth-order valence-electron chi connectivity index (χ4n) is 3.63. The third-order valence-corrected chi connectivity index (χ3v) is 5.77. The van der Waals surface area contributed by atoms with Crippen molar-refractivity contribution in [3.05, 3.63) is 34.4 Å². The predicted molar refractivity (Wildman–Crippen MR) is 107 cm³/mol. The molecule has 1 atom stereocenters. The smallest absolute Gasteiger partial charge is 0.252 e. The van der Waals surface area contributed by atoms with Crippen LogP contribution in [0.1, 0.15) is 45.8 Å². The van der Waals surface area contributed by atoms with Gasteiger partial charge in [-0.3, -0.25) is 14.3 Å². The van der Waals surface area contributed by atoms with Crippen LogP contribution in [0, 0.1) is 19.8 Å². The van der Waals surface area contributed by atoms with E-state index >= 15 is 0 Å². The van der Waals surface area contributed by atoms with Crippen molar-refractivity contribution in [3.63, 3.8) is 0 Å². The highest BCUT2D eigenvalue weighted by Crippen LogP contribution is 2.22. The van der Waals surface area contributed by atoms with E-state index < -0.39 is 5.91 Å². The van der Waals surface area contributed by atoms with Crippen LogP contribution in [0.5, 0.6) is 0 Å². The van der Waals surface area contributed by atoms with E-state index in [1.54, 1.807) is 0 Å². The van der Waals surface area contributed by atoms with Gasteiger partial charge in [-0.1, -0.05) is 11.8 Å². The topological polar surface area (TPSA) is 116 Å². The molecule has 2 aromatic heterocycles. The van der Waals surface area contributed by atoms with E-state index in [4.69, 9.17) is 5.73 Å². The largest absolute Gasteiger partial charge is 0.365 e. The van der Waals surface area contributed by atoms with Crippen LogP contribution in [-0.2, 0) is 24.2 Å². The van der Waals surface area contributed by atoms with E-state index in [-0.39, 0.29) is 11.8 Å². The van der Waals surface area contributed by atoms with Gasteiger partial charge in [0.05, 0.1) is 17.5 Å². The Balaban J connectivity index is 1.51. The summed E-state index contributed by atoms with van der Waals surface area (Å²) in [5, 5.41) is 8.00. The zero-order chi connectivity index (χ0) is 20.3. The molecule has 0 saturated heterocycles. The summed E-state index contributed by atoms with van der Waals surface area (Å²) in [5.74, 6) is -0.160. The predicted octanol–water partition coefficient (Wildman–Crippen LogP) is 1.42. The standard InChI is InChI=1S/C19H26N6O2S/c1-11-14(12(2)24-19(23-11)28-3)4-5-17(26)21-9-13-6-7-25-16(8-13)15(10-22-25)18(20)27/h10,13H,4-9H2,1-3H3,(H2,20,27)(H,21,26)/t13-/m0/s1. The van der Waals surface area contributed by atoms with E-state index in [1.807, 2.05) is 24.8 Å². The first kappa shape index (κ1) is 20.3. The summed E-state index contributed by atoms with van der Waals surface area (Å²) < 4.78 is 1.84. The highest BCUT2D eigenvalue weighted by atomic mass is 32.2. The monoisotopic (exact) mass is 402 g/mol. The van der Waals surface area contributed by atoms with Crippen molar-refractivity contribution in [2.45, 2.75) is 51.2 Å². The summed E-state index contributed by atoms with van der Waals surface area (Å²) in [6, 6.07) is 0. The molecule has 0 unspecified atom stereocenters. The van der Waals surface area contributed by atoms with E-state index in [0.717, 1.165) is 40.8 Å². The third-order valence-electron chi connectivity index (χ3n) is 5.22. The fraction of sp³-hybridized carbons (Fsp3) is 0.526. The van der Waals surface area contributed by atoms with Crippen molar-refractivity contribution in [2.75, 3.05) is 12.8 Å². The van der Waals surface area contributed by atoms with E-state index in [9.17, 15) is 9.59 Å². The van der Waals surface area contributed by atoms with Gasteiger partial charge in [0.1, 0.15) is 0 Å². The molecule has 0 aliphatic carbocycles. The number of carbonyl (C=O) groups excluding carboxylic acids is 2. The fourth-order valence-corrected chi connectivity index (χ4v) is 4.08. The zero-order valence-corrected chi connectivity index (χ0v) is 17.3. The maximum atomic E-state index is 12.3. The van der Waals surface area contributed by atoms with Crippen molar-refractivity contribution in [3.8, 4) is 0 Å². The lowest BCUT2D eigenvalue weighted by Gasteiger charge is -2.24. The molecule has 1 aliphatic heterocycles. The number of fused-ring (bicyclic) bond motifs is 1. The SMILES string of the molecule is CSc1nc(C)c(CCC(=O)NC[C@H]2CCn3ncc(C(N)=O)c3C2)c(C)n1. The molecule has 2 aromatic rings. The number of hydrogen-bond acceptors (Lipinski definition) is 6. The van der Waals surface area contributed by atoms with Crippen LogP contribution in [0.2, 0.25) is 0 Å².